The fourth-order valence-corrected chi connectivity index (χ4v) is 4.64. The van der Waals surface area contributed by atoms with Crippen molar-refractivity contribution in [1.82, 2.24) is 5.32 Å². The maximum absolute atomic E-state index is 9.99. The minimum Gasteiger partial charge on any atom is -0.496 e. The molecule has 2 atom stereocenters. The normalized spacial score (nSPS) is 17.2. The van der Waals surface area contributed by atoms with Crippen LogP contribution in [0, 0.1) is 6.92 Å². The number of aliphatic hydroxyl groups excluding tert-OH is 1. The summed E-state index contributed by atoms with van der Waals surface area (Å²) >= 11 is 0. The first-order valence-corrected chi connectivity index (χ1v) is 11.6. The van der Waals surface area contributed by atoms with Gasteiger partial charge in [0.25, 0.3) is 0 Å². The first-order valence-electron chi connectivity index (χ1n) is 11.6. The number of methoxy groups -OCH3 is 2. The van der Waals surface area contributed by atoms with Gasteiger partial charge in [-0.3, -0.25) is 0 Å². The Morgan fingerprint density at radius 1 is 0.853 bits per heavy atom. The van der Waals surface area contributed by atoms with Crippen LogP contribution in [-0.2, 0) is 24.4 Å². The lowest BCUT2D eigenvalue weighted by molar-refractivity contribution is 0.0854. The quantitative estimate of drug-likeness (QED) is 0.466. The summed E-state index contributed by atoms with van der Waals surface area (Å²) in [5.74, 6) is 2.12. The van der Waals surface area contributed by atoms with Gasteiger partial charge >= 0.3 is 0 Å². The Kier molecular flexibility index (Phi) is 8.06. The fourth-order valence-electron chi connectivity index (χ4n) is 4.64. The van der Waals surface area contributed by atoms with Gasteiger partial charge in [-0.25, -0.2) is 0 Å². The van der Waals surface area contributed by atoms with Gasteiger partial charge in [0.05, 0.1) is 40.1 Å². The Balaban J connectivity index is 1.70. The second-order valence-corrected chi connectivity index (χ2v) is 8.49. The van der Waals surface area contributed by atoms with Gasteiger partial charge in [-0.2, -0.15) is 0 Å². The Morgan fingerprint density at radius 2 is 1.47 bits per heavy atom. The highest BCUT2D eigenvalue weighted by atomic mass is 16.5. The van der Waals surface area contributed by atoms with E-state index < -0.39 is 0 Å². The molecule has 0 aliphatic carbocycles. The van der Waals surface area contributed by atoms with Gasteiger partial charge < -0.3 is 29.4 Å². The first kappa shape index (κ1) is 24.1. The zero-order chi connectivity index (χ0) is 23.9. The van der Waals surface area contributed by atoms with E-state index in [1.807, 2.05) is 67.6 Å². The van der Waals surface area contributed by atoms with Crippen LogP contribution in [0.25, 0.3) is 0 Å². The predicted octanol–water partition coefficient (Wildman–Crippen LogP) is 4.36. The lowest BCUT2D eigenvalue weighted by Gasteiger charge is -2.36. The molecule has 0 aromatic heterocycles. The maximum atomic E-state index is 9.99. The maximum Gasteiger partial charge on any atom is 0.167 e. The SMILES string of the molecule is COc1c(C)c(OC)c(OCc2ccccc2)c2c1C[C@@H](CO)NC2COCc1ccccc1. The number of ether oxygens (including phenoxy) is 4. The third-order valence-corrected chi connectivity index (χ3v) is 6.22. The second-order valence-electron chi connectivity index (χ2n) is 8.49. The molecular formula is C28H33NO5. The van der Waals surface area contributed by atoms with Gasteiger partial charge in [0.2, 0.25) is 0 Å². The average Bonchev–Trinajstić information content (AvgIpc) is 2.88. The molecule has 0 radical (unpaired) electrons. The van der Waals surface area contributed by atoms with Crippen LogP contribution in [-0.4, -0.2) is 38.6 Å². The number of hydrogen-bond donors (Lipinski definition) is 2. The highest BCUT2D eigenvalue weighted by Gasteiger charge is 2.35. The summed E-state index contributed by atoms with van der Waals surface area (Å²) in [6.07, 6.45) is 0.622. The number of fused-ring (bicyclic) bond motifs is 1. The monoisotopic (exact) mass is 463 g/mol. The predicted molar refractivity (Wildman–Crippen MR) is 132 cm³/mol. The van der Waals surface area contributed by atoms with Crippen molar-refractivity contribution in [3.63, 3.8) is 0 Å². The third-order valence-electron chi connectivity index (χ3n) is 6.22. The van der Waals surface area contributed by atoms with Crippen molar-refractivity contribution in [3.05, 3.63) is 88.5 Å². The molecule has 2 N–H and O–H groups in total. The van der Waals surface area contributed by atoms with Crippen LogP contribution in [0.4, 0.5) is 0 Å². The minimum absolute atomic E-state index is 0.0169. The first-order chi connectivity index (χ1) is 16.7. The molecule has 180 valence electrons. The van der Waals surface area contributed by atoms with Gasteiger partial charge in [0.15, 0.2) is 11.5 Å². The summed E-state index contributed by atoms with van der Waals surface area (Å²) in [6, 6.07) is 19.8. The van der Waals surface area contributed by atoms with Crippen molar-refractivity contribution < 1.29 is 24.1 Å². The van der Waals surface area contributed by atoms with E-state index in [4.69, 9.17) is 18.9 Å². The summed E-state index contributed by atoms with van der Waals surface area (Å²) in [7, 11) is 3.32. The molecular weight excluding hydrogens is 430 g/mol. The van der Waals surface area contributed by atoms with Gasteiger partial charge in [-0.05, 0) is 24.5 Å². The van der Waals surface area contributed by atoms with Gasteiger partial charge in [-0.15, -0.1) is 0 Å². The minimum atomic E-state index is -0.196. The summed E-state index contributed by atoms with van der Waals surface area (Å²) < 4.78 is 24.2. The third kappa shape index (κ3) is 5.20. The topological polar surface area (TPSA) is 69.2 Å². The highest BCUT2D eigenvalue weighted by molar-refractivity contribution is 5.64. The van der Waals surface area contributed by atoms with Crippen molar-refractivity contribution >= 4 is 0 Å². The zero-order valence-corrected chi connectivity index (χ0v) is 20.0. The van der Waals surface area contributed by atoms with E-state index in [1.165, 1.54) is 0 Å². The molecule has 3 aromatic rings. The molecule has 0 spiro atoms. The molecule has 4 rings (SSSR count). The van der Waals surface area contributed by atoms with Crippen LogP contribution in [0.3, 0.4) is 0 Å². The van der Waals surface area contributed by atoms with E-state index in [0.717, 1.165) is 33.6 Å². The largest absolute Gasteiger partial charge is 0.496 e. The number of rotatable bonds is 10. The van der Waals surface area contributed by atoms with Crippen LogP contribution < -0.4 is 19.5 Å². The van der Waals surface area contributed by atoms with E-state index in [0.29, 0.717) is 37.7 Å². The Bertz CT molecular complexity index is 1070. The van der Waals surface area contributed by atoms with Gasteiger partial charge in [-0.1, -0.05) is 60.7 Å². The van der Waals surface area contributed by atoms with E-state index in [2.05, 4.69) is 5.32 Å². The van der Waals surface area contributed by atoms with Crippen LogP contribution in [0.5, 0.6) is 17.2 Å². The second kappa shape index (κ2) is 11.4. The Labute approximate surface area is 201 Å². The number of aliphatic hydroxyl groups is 1. The fraction of sp³-hybridized carbons (Fsp3) is 0.357. The van der Waals surface area contributed by atoms with Crippen molar-refractivity contribution in [2.24, 2.45) is 0 Å². The molecule has 0 amide bonds. The summed E-state index contributed by atoms with van der Waals surface area (Å²) in [5.41, 5.74) is 5.05. The standard InChI is InChI=1S/C28H33NO5/c1-19-26(31-2)23-14-22(15-30)29-24(18-33-16-20-10-6-4-7-11-20)25(23)28(27(19)32-3)34-17-21-12-8-5-9-13-21/h4-13,22,24,29-30H,14-18H2,1-3H3/t22-,24?/m0/s1. The Hall–Kier alpha value is -3.06. The van der Waals surface area contributed by atoms with Crippen molar-refractivity contribution in [2.45, 2.75) is 38.6 Å². The zero-order valence-electron chi connectivity index (χ0n) is 20.0. The molecule has 0 fully saturated rings. The molecule has 0 saturated heterocycles. The van der Waals surface area contributed by atoms with E-state index >= 15 is 0 Å². The molecule has 3 aromatic carbocycles. The molecule has 6 heteroatoms. The Morgan fingerprint density at radius 3 is 2.06 bits per heavy atom. The van der Waals surface area contributed by atoms with Crippen LogP contribution in [0.2, 0.25) is 0 Å². The van der Waals surface area contributed by atoms with Crippen molar-refractivity contribution in [2.75, 3.05) is 27.4 Å². The molecule has 1 aliphatic rings. The molecule has 0 bridgehead atoms. The summed E-state index contributed by atoms with van der Waals surface area (Å²) in [6.45, 7) is 3.32. The molecule has 1 unspecified atom stereocenters. The molecule has 1 heterocycles. The van der Waals surface area contributed by atoms with Gasteiger partial charge in [0, 0.05) is 22.7 Å². The van der Waals surface area contributed by atoms with Crippen LogP contribution >= 0.6 is 0 Å². The highest BCUT2D eigenvalue weighted by Crippen LogP contribution is 2.48. The van der Waals surface area contributed by atoms with Crippen LogP contribution in [0.15, 0.2) is 60.7 Å². The number of hydrogen-bond acceptors (Lipinski definition) is 6. The molecule has 0 saturated carbocycles. The van der Waals surface area contributed by atoms with Gasteiger partial charge in [0.1, 0.15) is 12.4 Å². The molecule has 6 nitrogen and oxygen atoms in total. The summed E-state index contributed by atoms with van der Waals surface area (Å²) in [5, 5.41) is 13.5. The van der Waals surface area contributed by atoms with E-state index in [9.17, 15) is 5.11 Å². The lowest BCUT2D eigenvalue weighted by atomic mass is 9.87. The number of nitrogens with one attached hydrogen (secondary N) is 1. The van der Waals surface area contributed by atoms with E-state index in [1.54, 1.807) is 14.2 Å². The number of benzene rings is 3. The van der Waals surface area contributed by atoms with Crippen molar-refractivity contribution in [1.29, 1.82) is 0 Å². The molecule has 1 aliphatic heterocycles. The van der Waals surface area contributed by atoms with Crippen LogP contribution in [0.1, 0.15) is 33.9 Å². The molecule has 34 heavy (non-hydrogen) atoms. The van der Waals surface area contributed by atoms with Crippen molar-refractivity contribution in [3.8, 4) is 17.2 Å². The average molecular weight is 464 g/mol. The summed E-state index contributed by atoms with van der Waals surface area (Å²) in [4.78, 5) is 0. The van der Waals surface area contributed by atoms with E-state index in [-0.39, 0.29) is 18.7 Å². The smallest absolute Gasteiger partial charge is 0.167 e. The lowest BCUT2D eigenvalue weighted by Crippen LogP contribution is -2.44.